The van der Waals surface area contributed by atoms with Gasteiger partial charge in [-0.15, -0.1) is 0 Å². The monoisotopic (exact) mass is 557 g/mol. The fraction of sp³-hybridized carbons (Fsp3) is 0.171. The van der Waals surface area contributed by atoms with Crippen molar-refractivity contribution in [1.29, 1.82) is 0 Å². The summed E-state index contributed by atoms with van der Waals surface area (Å²) in [6.45, 7) is 2.22. The first-order valence-electron chi connectivity index (χ1n) is 14.0. The number of rotatable bonds is 11. The average molecular weight is 558 g/mol. The third-order valence-electron chi connectivity index (χ3n) is 7.17. The molecular weight excluding hydrogens is 526 g/mol. The summed E-state index contributed by atoms with van der Waals surface area (Å²) in [6, 6.07) is 25.7. The van der Waals surface area contributed by atoms with Crippen molar-refractivity contribution in [2.45, 2.75) is 39.0 Å². The van der Waals surface area contributed by atoms with Crippen LogP contribution in [0.3, 0.4) is 0 Å². The lowest BCUT2D eigenvalue weighted by atomic mass is 10.00. The Morgan fingerprint density at radius 3 is 2.02 bits per heavy atom. The van der Waals surface area contributed by atoms with E-state index in [-0.39, 0.29) is 11.1 Å². The van der Waals surface area contributed by atoms with Gasteiger partial charge in [0.15, 0.2) is 0 Å². The summed E-state index contributed by atoms with van der Waals surface area (Å²) in [6.07, 6.45) is 9.29. The van der Waals surface area contributed by atoms with Crippen molar-refractivity contribution in [3.63, 3.8) is 0 Å². The lowest BCUT2D eigenvalue weighted by molar-refractivity contribution is 0.0686. The number of pyridine rings is 3. The van der Waals surface area contributed by atoms with Gasteiger partial charge in [-0.3, -0.25) is 9.97 Å². The van der Waals surface area contributed by atoms with Crippen LogP contribution in [0.4, 0.5) is 0 Å². The third kappa shape index (κ3) is 6.75. The first-order valence-corrected chi connectivity index (χ1v) is 14.0. The van der Waals surface area contributed by atoms with Crippen molar-refractivity contribution in [3.8, 4) is 45.0 Å². The van der Waals surface area contributed by atoms with Gasteiger partial charge in [-0.05, 0) is 77.6 Å². The Morgan fingerprint density at radius 1 is 0.619 bits per heavy atom. The van der Waals surface area contributed by atoms with Crippen LogP contribution in [-0.2, 0) is 6.42 Å². The molecule has 2 N–H and O–H groups in total. The maximum Gasteiger partial charge on any atom is 0.335 e. The molecule has 0 fully saturated rings. The number of aryl methyl sites for hydroxylation is 1. The fourth-order valence-electron chi connectivity index (χ4n) is 4.83. The number of aromatic carboxylic acids is 2. The molecule has 0 unspecified atom stereocenters. The molecule has 0 radical (unpaired) electrons. The minimum atomic E-state index is -1.06. The largest absolute Gasteiger partial charge is 0.478 e. The lowest BCUT2D eigenvalue weighted by Crippen LogP contribution is -1.99. The fourth-order valence-corrected chi connectivity index (χ4v) is 4.83. The van der Waals surface area contributed by atoms with Crippen LogP contribution in [0.15, 0.2) is 97.3 Å². The number of carbonyl (C=O) groups is 2. The summed E-state index contributed by atoms with van der Waals surface area (Å²) in [4.78, 5) is 37.0. The Kier molecular flexibility index (Phi) is 8.78. The maximum atomic E-state index is 11.6. The standard InChI is InChI=1S/C35H31N3O4/c1-2-3-4-5-7-23-10-12-24(13-11-23)28-14-15-30(37-22-28)32-20-29(25-8-6-9-26(18-25)34(39)40)21-33(38-32)31-19-27(35(41)42)16-17-36-31/h6,8-22H,2-5,7H2,1H3,(H,39,40)(H,41,42). The molecule has 0 aliphatic heterocycles. The highest BCUT2D eigenvalue weighted by Crippen LogP contribution is 2.31. The highest BCUT2D eigenvalue weighted by molar-refractivity contribution is 5.90. The number of nitrogens with zero attached hydrogens (tertiary/aromatic N) is 3. The van der Waals surface area contributed by atoms with Crippen LogP contribution >= 0.6 is 0 Å². The van der Waals surface area contributed by atoms with E-state index in [1.807, 2.05) is 30.5 Å². The first-order chi connectivity index (χ1) is 20.4. The molecule has 7 heteroatoms. The predicted molar refractivity (Wildman–Crippen MR) is 163 cm³/mol. The van der Waals surface area contributed by atoms with Crippen LogP contribution < -0.4 is 0 Å². The van der Waals surface area contributed by atoms with Gasteiger partial charge in [0.1, 0.15) is 0 Å². The van der Waals surface area contributed by atoms with Gasteiger partial charge in [0.05, 0.1) is 33.9 Å². The molecule has 3 heterocycles. The van der Waals surface area contributed by atoms with Gasteiger partial charge in [-0.2, -0.15) is 0 Å². The van der Waals surface area contributed by atoms with Gasteiger partial charge in [0.25, 0.3) is 0 Å². The van der Waals surface area contributed by atoms with Gasteiger partial charge in [0, 0.05) is 18.0 Å². The summed E-state index contributed by atoms with van der Waals surface area (Å²) in [7, 11) is 0. The average Bonchev–Trinajstić information content (AvgIpc) is 3.03. The Hall–Kier alpha value is -5.17. The van der Waals surface area contributed by atoms with E-state index in [1.165, 1.54) is 55.6 Å². The van der Waals surface area contributed by atoms with E-state index in [0.29, 0.717) is 33.9 Å². The van der Waals surface area contributed by atoms with E-state index in [4.69, 9.17) is 9.97 Å². The zero-order chi connectivity index (χ0) is 29.5. The van der Waals surface area contributed by atoms with Crippen molar-refractivity contribution < 1.29 is 19.8 Å². The van der Waals surface area contributed by atoms with Crippen LogP contribution in [-0.4, -0.2) is 37.1 Å². The van der Waals surface area contributed by atoms with Gasteiger partial charge in [-0.25, -0.2) is 14.6 Å². The van der Waals surface area contributed by atoms with Crippen molar-refractivity contribution in [2.24, 2.45) is 0 Å². The van der Waals surface area contributed by atoms with E-state index in [9.17, 15) is 19.8 Å². The number of hydrogen-bond donors (Lipinski definition) is 2. The molecule has 5 aromatic rings. The zero-order valence-electron chi connectivity index (χ0n) is 23.3. The van der Waals surface area contributed by atoms with E-state index in [1.54, 1.807) is 18.2 Å². The van der Waals surface area contributed by atoms with E-state index >= 15 is 0 Å². The van der Waals surface area contributed by atoms with Crippen LogP contribution in [0.2, 0.25) is 0 Å². The maximum absolute atomic E-state index is 11.6. The molecule has 0 aliphatic carbocycles. The van der Waals surface area contributed by atoms with Crippen LogP contribution in [0.5, 0.6) is 0 Å². The molecule has 42 heavy (non-hydrogen) atoms. The molecule has 0 spiro atoms. The van der Waals surface area contributed by atoms with Gasteiger partial charge >= 0.3 is 11.9 Å². The Balaban J connectivity index is 1.49. The summed E-state index contributed by atoms with van der Waals surface area (Å²) >= 11 is 0. The van der Waals surface area contributed by atoms with E-state index < -0.39 is 11.9 Å². The number of carboxylic acids is 2. The second kappa shape index (κ2) is 13.0. The number of benzene rings is 2. The molecule has 0 saturated carbocycles. The number of aromatic nitrogens is 3. The molecular formula is C35H31N3O4. The summed E-state index contributed by atoms with van der Waals surface area (Å²) in [5, 5.41) is 19.0. The molecule has 7 nitrogen and oxygen atoms in total. The van der Waals surface area contributed by atoms with Crippen molar-refractivity contribution in [1.82, 2.24) is 15.0 Å². The summed E-state index contributed by atoms with van der Waals surface area (Å²) < 4.78 is 0. The summed E-state index contributed by atoms with van der Waals surface area (Å²) in [5.74, 6) is -2.09. The van der Waals surface area contributed by atoms with Gasteiger partial charge in [-0.1, -0.05) is 68.7 Å². The molecule has 0 bridgehead atoms. The van der Waals surface area contributed by atoms with E-state index in [0.717, 1.165) is 17.5 Å². The Bertz CT molecular complexity index is 1640. The molecule has 3 aromatic heterocycles. The quantitative estimate of drug-likeness (QED) is 0.158. The number of hydrogen-bond acceptors (Lipinski definition) is 5. The third-order valence-corrected chi connectivity index (χ3v) is 7.17. The smallest absolute Gasteiger partial charge is 0.335 e. The highest BCUT2D eigenvalue weighted by atomic mass is 16.4. The zero-order valence-corrected chi connectivity index (χ0v) is 23.3. The van der Waals surface area contributed by atoms with E-state index in [2.05, 4.69) is 36.2 Å². The molecule has 2 aromatic carbocycles. The molecule has 0 aliphatic rings. The van der Waals surface area contributed by atoms with Crippen molar-refractivity contribution in [2.75, 3.05) is 0 Å². The molecule has 0 saturated heterocycles. The predicted octanol–water partition coefficient (Wildman–Crippen LogP) is 8.06. The number of carboxylic acid groups (broad SMARTS) is 2. The second-order valence-electron chi connectivity index (χ2n) is 10.2. The van der Waals surface area contributed by atoms with Crippen LogP contribution in [0.25, 0.3) is 45.0 Å². The lowest BCUT2D eigenvalue weighted by Gasteiger charge is -2.11. The highest BCUT2D eigenvalue weighted by Gasteiger charge is 2.14. The number of unbranched alkanes of at least 4 members (excludes halogenated alkanes) is 3. The van der Waals surface area contributed by atoms with Gasteiger partial charge in [0.2, 0.25) is 0 Å². The molecule has 0 atom stereocenters. The van der Waals surface area contributed by atoms with Gasteiger partial charge < -0.3 is 10.2 Å². The molecule has 5 rings (SSSR count). The Morgan fingerprint density at radius 2 is 1.33 bits per heavy atom. The van der Waals surface area contributed by atoms with Crippen molar-refractivity contribution >= 4 is 11.9 Å². The second-order valence-corrected chi connectivity index (χ2v) is 10.2. The SMILES string of the molecule is CCCCCCc1ccc(-c2ccc(-c3cc(-c4cccc(C(=O)O)c4)cc(-c4cc(C(=O)O)ccn4)n3)nc2)cc1. The van der Waals surface area contributed by atoms with Crippen molar-refractivity contribution in [3.05, 3.63) is 114 Å². The van der Waals surface area contributed by atoms with Crippen LogP contribution in [0, 0.1) is 0 Å². The molecule has 210 valence electrons. The molecule has 0 amide bonds. The minimum Gasteiger partial charge on any atom is -0.478 e. The summed E-state index contributed by atoms with van der Waals surface area (Å²) in [5.41, 5.74) is 7.06. The van der Waals surface area contributed by atoms with Crippen LogP contribution in [0.1, 0.15) is 58.9 Å². The Labute approximate surface area is 244 Å². The topological polar surface area (TPSA) is 113 Å². The minimum absolute atomic E-state index is 0.0936. The normalized spacial score (nSPS) is 10.9. The first kappa shape index (κ1) is 28.4.